The molecule has 0 aliphatic heterocycles. The zero-order valence-electron chi connectivity index (χ0n) is 12.1. The van der Waals surface area contributed by atoms with Crippen LogP contribution >= 0.6 is 0 Å². The molecule has 1 unspecified atom stereocenters. The van der Waals surface area contributed by atoms with Gasteiger partial charge in [0.2, 0.25) is 0 Å². The van der Waals surface area contributed by atoms with E-state index in [0.29, 0.717) is 0 Å². The molecular weight excluding hydrogens is 257 g/mol. The number of rotatable bonds is 6. The van der Waals surface area contributed by atoms with E-state index in [9.17, 15) is 4.39 Å². The first-order valence-electron chi connectivity index (χ1n) is 6.90. The lowest BCUT2D eigenvalue weighted by atomic mass is 9.91. The molecule has 1 aromatic heterocycles. The zero-order chi connectivity index (χ0) is 14.5. The van der Waals surface area contributed by atoms with Gasteiger partial charge >= 0.3 is 0 Å². The predicted octanol–water partition coefficient (Wildman–Crippen LogP) is 3.18. The Balaban J connectivity index is 2.25. The van der Waals surface area contributed by atoms with Crippen molar-refractivity contribution >= 4 is 0 Å². The Bertz CT molecular complexity index is 568. The summed E-state index contributed by atoms with van der Waals surface area (Å²) in [6.45, 7) is 4.90. The van der Waals surface area contributed by atoms with Gasteiger partial charge in [0, 0.05) is 24.7 Å². The molecule has 4 nitrogen and oxygen atoms in total. The second kappa shape index (κ2) is 6.50. The molecule has 0 radical (unpaired) electrons. The summed E-state index contributed by atoms with van der Waals surface area (Å²) in [6, 6.07) is 4.65. The van der Waals surface area contributed by atoms with Crippen molar-refractivity contribution in [1.29, 1.82) is 0 Å². The molecule has 2 rings (SSSR count). The zero-order valence-corrected chi connectivity index (χ0v) is 12.1. The number of benzene rings is 1. The summed E-state index contributed by atoms with van der Waals surface area (Å²) < 4.78 is 20.6. The van der Waals surface area contributed by atoms with Crippen LogP contribution in [0.15, 0.2) is 24.4 Å². The molecule has 1 aromatic carbocycles. The van der Waals surface area contributed by atoms with Gasteiger partial charge in [0.05, 0.1) is 12.8 Å². The normalized spacial score (nSPS) is 12.4. The van der Waals surface area contributed by atoms with Crippen molar-refractivity contribution in [3.8, 4) is 5.75 Å². The van der Waals surface area contributed by atoms with Crippen molar-refractivity contribution in [2.45, 2.75) is 39.2 Å². The first-order valence-corrected chi connectivity index (χ1v) is 6.90. The third-order valence-electron chi connectivity index (χ3n) is 3.49. The number of aromatic nitrogens is 3. The van der Waals surface area contributed by atoms with Gasteiger partial charge in [-0.05, 0) is 37.5 Å². The molecule has 108 valence electrons. The van der Waals surface area contributed by atoms with E-state index in [-0.39, 0.29) is 11.7 Å². The van der Waals surface area contributed by atoms with E-state index in [1.807, 2.05) is 13.1 Å². The quantitative estimate of drug-likeness (QED) is 0.814. The molecule has 1 heterocycles. The number of ether oxygens (including phenoxy) is 1. The van der Waals surface area contributed by atoms with Crippen LogP contribution in [-0.4, -0.2) is 22.1 Å². The molecule has 0 spiro atoms. The lowest BCUT2D eigenvalue weighted by Gasteiger charge is -2.17. The fourth-order valence-electron chi connectivity index (χ4n) is 2.34. The number of aryl methyl sites for hydroxylation is 1. The minimum atomic E-state index is -0.239. The number of hydrogen-bond acceptors (Lipinski definition) is 3. The first kappa shape index (κ1) is 14.5. The van der Waals surface area contributed by atoms with Gasteiger partial charge in [-0.3, -0.25) is 4.68 Å². The molecule has 0 N–H and O–H groups in total. The highest BCUT2D eigenvalue weighted by molar-refractivity contribution is 5.37. The monoisotopic (exact) mass is 277 g/mol. The molecule has 0 aliphatic carbocycles. The van der Waals surface area contributed by atoms with Gasteiger partial charge in [0.25, 0.3) is 0 Å². The Morgan fingerprint density at radius 3 is 2.75 bits per heavy atom. The largest absolute Gasteiger partial charge is 0.496 e. The third kappa shape index (κ3) is 3.15. The Hall–Kier alpha value is -1.91. The van der Waals surface area contributed by atoms with Crippen molar-refractivity contribution in [2.24, 2.45) is 0 Å². The smallest absolute Gasteiger partial charge is 0.123 e. The maximum absolute atomic E-state index is 13.5. The van der Waals surface area contributed by atoms with Crippen LogP contribution in [0.5, 0.6) is 5.75 Å². The van der Waals surface area contributed by atoms with E-state index in [1.54, 1.807) is 23.9 Å². The van der Waals surface area contributed by atoms with E-state index < -0.39 is 0 Å². The van der Waals surface area contributed by atoms with Crippen LogP contribution in [-0.2, 0) is 13.0 Å². The summed E-state index contributed by atoms with van der Waals surface area (Å²) in [4.78, 5) is 0. The highest BCUT2D eigenvalue weighted by Crippen LogP contribution is 2.31. The van der Waals surface area contributed by atoms with Gasteiger partial charge in [0.1, 0.15) is 11.6 Å². The summed E-state index contributed by atoms with van der Waals surface area (Å²) in [6.07, 6.45) is 3.56. The summed E-state index contributed by atoms with van der Waals surface area (Å²) >= 11 is 0. The van der Waals surface area contributed by atoms with Gasteiger partial charge in [0.15, 0.2) is 0 Å². The standard InChI is InChI=1S/C15H20FN3O/c1-4-11(8-13-10-19(5-2)18-17-13)14-9-12(16)6-7-15(14)20-3/h6-7,9-11H,4-5,8H2,1-3H3. The molecule has 20 heavy (non-hydrogen) atoms. The lowest BCUT2D eigenvalue weighted by molar-refractivity contribution is 0.402. The van der Waals surface area contributed by atoms with Crippen LogP contribution in [0.2, 0.25) is 0 Å². The SMILES string of the molecule is CCC(Cc1cn(CC)nn1)c1cc(F)ccc1OC. The number of methoxy groups -OCH3 is 1. The molecular formula is C15H20FN3O. The number of hydrogen-bond donors (Lipinski definition) is 0. The van der Waals surface area contributed by atoms with Crippen LogP contribution in [0.3, 0.4) is 0 Å². The van der Waals surface area contributed by atoms with Gasteiger partial charge in [-0.2, -0.15) is 0 Å². The lowest BCUT2D eigenvalue weighted by Crippen LogP contribution is -2.05. The highest BCUT2D eigenvalue weighted by Gasteiger charge is 2.17. The molecule has 0 fully saturated rings. The van der Waals surface area contributed by atoms with Crippen LogP contribution in [0, 0.1) is 5.82 Å². The maximum atomic E-state index is 13.5. The van der Waals surface area contributed by atoms with Crippen molar-refractivity contribution in [1.82, 2.24) is 15.0 Å². The van der Waals surface area contributed by atoms with Crippen LogP contribution in [0.1, 0.15) is 37.4 Å². The Kier molecular flexibility index (Phi) is 4.71. The molecule has 0 saturated carbocycles. The van der Waals surface area contributed by atoms with E-state index in [0.717, 1.165) is 36.4 Å². The second-order valence-corrected chi connectivity index (χ2v) is 4.76. The van der Waals surface area contributed by atoms with Gasteiger partial charge in [-0.1, -0.05) is 12.1 Å². The van der Waals surface area contributed by atoms with Gasteiger partial charge in [-0.15, -0.1) is 5.10 Å². The fraction of sp³-hybridized carbons (Fsp3) is 0.467. The average molecular weight is 277 g/mol. The Morgan fingerprint density at radius 2 is 2.15 bits per heavy atom. The highest BCUT2D eigenvalue weighted by atomic mass is 19.1. The van der Waals surface area contributed by atoms with Crippen molar-refractivity contribution in [2.75, 3.05) is 7.11 Å². The molecule has 0 amide bonds. The average Bonchev–Trinajstić information content (AvgIpc) is 2.92. The molecule has 1 atom stereocenters. The van der Waals surface area contributed by atoms with Crippen LogP contribution in [0.25, 0.3) is 0 Å². The minimum Gasteiger partial charge on any atom is -0.496 e. The number of nitrogens with zero attached hydrogens (tertiary/aromatic N) is 3. The Morgan fingerprint density at radius 1 is 1.35 bits per heavy atom. The summed E-state index contributed by atoms with van der Waals surface area (Å²) in [5.41, 5.74) is 1.81. The summed E-state index contributed by atoms with van der Waals surface area (Å²) in [5.74, 6) is 0.653. The topological polar surface area (TPSA) is 39.9 Å². The van der Waals surface area contributed by atoms with E-state index in [2.05, 4.69) is 17.2 Å². The van der Waals surface area contributed by atoms with Crippen molar-refractivity contribution in [3.05, 3.63) is 41.5 Å². The van der Waals surface area contributed by atoms with Gasteiger partial charge < -0.3 is 4.74 Å². The molecule has 5 heteroatoms. The van der Waals surface area contributed by atoms with E-state index in [4.69, 9.17) is 4.74 Å². The van der Waals surface area contributed by atoms with Crippen molar-refractivity contribution in [3.63, 3.8) is 0 Å². The van der Waals surface area contributed by atoms with E-state index >= 15 is 0 Å². The molecule has 2 aromatic rings. The molecule has 0 bridgehead atoms. The third-order valence-corrected chi connectivity index (χ3v) is 3.49. The summed E-state index contributed by atoms with van der Waals surface area (Å²) in [5, 5.41) is 8.19. The molecule has 0 saturated heterocycles. The first-order chi connectivity index (χ1) is 9.67. The predicted molar refractivity (Wildman–Crippen MR) is 75.4 cm³/mol. The maximum Gasteiger partial charge on any atom is 0.123 e. The fourth-order valence-corrected chi connectivity index (χ4v) is 2.34. The van der Waals surface area contributed by atoms with Crippen LogP contribution < -0.4 is 4.74 Å². The molecule has 0 aliphatic rings. The van der Waals surface area contributed by atoms with Gasteiger partial charge in [-0.25, -0.2) is 4.39 Å². The summed E-state index contributed by atoms with van der Waals surface area (Å²) in [7, 11) is 1.61. The van der Waals surface area contributed by atoms with Crippen LogP contribution in [0.4, 0.5) is 4.39 Å². The van der Waals surface area contributed by atoms with Crippen molar-refractivity contribution < 1.29 is 9.13 Å². The minimum absolute atomic E-state index is 0.169. The number of halogens is 1. The second-order valence-electron chi connectivity index (χ2n) is 4.76. The van der Waals surface area contributed by atoms with E-state index in [1.165, 1.54) is 6.07 Å². The Labute approximate surface area is 118 Å².